The van der Waals surface area contributed by atoms with E-state index in [2.05, 4.69) is 126 Å². The standard InChI is InChI=1S/C37H25N3/c1-2-8-26(9-3-1)27-16-18-29(19-17-27)35-25-36(40-37(39-35)30-20-22-38-23-21-30)32-13-6-12-31(24-32)34-15-7-11-28-10-4-5-14-33(28)34/h1-25H. The van der Waals surface area contributed by atoms with Crippen molar-refractivity contribution in [2.45, 2.75) is 0 Å². The summed E-state index contributed by atoms with van der Waals surface area (Å²) in [6.45, 7) is 0. The van der Waals surface area contributed by atoms with Gasteiger partial charge in [0.25, 0.3) is 0 Å². The van der Waals surface area contributed by atoms with Gasteiger partial charge in [-0.1, -0.05) is 115 Å². The van der Waals surface area contributed by atoms with Crippen molar-refractivity contribution in [2.75, 3.05) is 0 Å². The Morgan fingerprint density at radius 2 is 0.975 bits per heavy atom. The Morgan fingerprint density at radius 3 is 1.80 bits per heavy atom. The number of nitrogens with zero attached hydrogens (tertiary/aromatic N) is 3. The Kier molecular flexibility index (Phi) is 6.15. The van der Waals surface area contributed by atoms with Gasteiger partial charge in [-0.3, -0.25) is 4.98 Å². The molecule has 0 radical (unpaired) electrons. The van der Waals surface area contributed by atoms with E-state index >= 15 is 0 Å². The Balaban J connectivity index is 1.34. The van der Waals surface area contributed by atoms with Crippen molar-refractivity contribution < 1.29 is 0 Å². The maximum atomic E-state index is 5.02. The van der Waals surface area contributed by atoms with Crippen molar-refractivity contribution in [2.24, 2.45) is 0 Å². The van der Waals surface area contributed by atoms with Crippen molar-refractivity contribution in [3.8, 4) is 56.2 Å². The van der Waals surface area contributed by atoms with E-state index in [-0.39, 0.29) is 0 Å². The van der Waals surface area contributed by atoms with Gasteiger partial charge in [-0.15, -0.1) is 0 Å². The predicted molar refractivity (Wildman–Crippen MR) is 165 cm³/mol. The number of aromatic nitrogens is 3. The van der Waals surface area contributed by atoms with E-state index in [1.807, 2.05) is 18.2 Å². The molecule has 0 aliphatic carbocycles. The molecule has 0 N–H and O–H groups in total. The zero-order valence-electron chi connectivity index (χ0n) is 21.8. The van der Waals surface area contributed by atoms with E-state index in [1.54, 1.807) is 12.4 Å². The van der Waals surface area contributed by atoms with Gasteiger partial charge in [0.05, 0.1) is 11.4 Å². The lowest BCUT2D eigenvalue weighted by Gasteiger charge is -2.12. The van der Waals surface area contributed by atoms with E-state index in [9.17, 15) is 0 Å². The van der Waals surface area contributed by atoms with Crippen LogP contribution in [0.15, 0.2) is 152 Å². The lowest BCUT2D eigenvalue weighted by Crippen LogP contribution is -1.96. The van der Waals surface area contributed by atoms with Gasteiger partial charge in [-0.25, -0.2) is 9.97 Å². The van der Waals surface area contributed by atoms with Gasteiger partial charge < -0.3 is 0 Å². The van der Waals surface area contributed by atoms with Gasteiger partial charge >= 0.3 is 0 Å². The maximum Gasteiger partial charge on any atom is 0.160 e. The summed E-state index contributed by atoms with van der Waals surface area (Å²) in [5, 5.41) is 2.47. The highest BCUT2D eigenvalue weighted by Crippen LogP contribution is 2.33. The molecule has 3 nitrogen and oxygen atoms in total. The topological polar surface area (TPSA) is 38.7 Å². The number of hydrogen-bond acceptors (Lipinski definition) is 3. The molecule has 40 heavy (non-hydrogen) atoms. The van der Waals surface area contributed by atoms with E-state index in [0.717, 1.165) is 33.6 Å². The molecule has 5 aromatic carbocycles. The number of fused-ring (bicyclic) bond motifs is 1. The van der Waals surface area contributed by atoms with Gasteiger partial charge in [-0.2, -0.15) is 0 Å². The van der Waals surface area contributed by atoms with Crippen LogP contribution in [0.5, 0.6) is 0 Å². The molecule has 0 atom stereocenters. The monoisotopic (exact) mass is 511 g/mol. The molecule has 7 rings (SSSR count). The first kappa shape index (κ1) is 23.7. The summed E-state index contributed by atoms with van der Waals surface area (Å²) < 4.78 is 0. The van der Waals surface area contributed by atoms with Crippen LogP contribution in [0, 0.1) is 0 Å². The van der Waals surface area contributed by atoms with Crippen LogP contribution in [0.1, 0.15) is 0 Å². The van der Waals surface area contributed by atoms with E-state index in [4.69, 9.17) is 9.97 Å². The van der Waals surface area contributed by atoms with Crippen LogP contribution in [0.2, 0.25) is 0 Å². The first-order chi connectivity index (χ1) is 19.8. The summed E-state index contributed by atoms with van der Waals surface area (Å²) in [6, 6.07) is 48.6. The maximum absolute atomic E-state index is 5.02. The molecular formula is C37H25N3. The molecule has 0 bridgehead atoms. The molecule has 0 saturated carbocycles. The molecule has 188 valence electrons. The summed E-state index contributed by atoms with van der Waals surface area (Å²) in [4.78, 5) is 14.2. The van der Waals surface area contributed by atoms with Crippen LogP contribution >= 0.6 is 0 Å². The molecule has 0 fully saturated rings. The summed E-state index contributed by atoms with van der Waals surface area (Å²) in [6.07, 6.45) is 3.56. The highest BCUT2D eigenvalue weighted by atomic mass is 14.9. The SMILES string of the molecule is c1ccc(-c2ccc(-c3cc(-c4cccc(-c5cccc6ccccc56)c4)nc(-c4ccncc4)n3)cc2)cc1. The van der Waals surface area contributed by atoms with Gasteiger partial charge in [0.2, 0.25) is 0 Å². The first-order valence-electron chi connectivity index (χ1n) is 13.4. The van der Waals surface area contributed by atoms with E-state index < -0.39 is 0 Å². The third-order valence-electron chi connectivity index (χ3n) is 7.21. The van der Waals surface area contributed by atoms with Crippen molar-refractivity contribution in [3.05, 3.63) is 152 Å². The highest BCUT2D eigenvalue weighted by molar-refractivity contribution is 5.97. The molecule has 0 spiro atoms. The summed E-state index contributed by atoms with van der Waals surface area (Å²) in [5.41, 5.74) is 9.53. The van der Waals surface area contributed by atoms with Crippen LogP contribution < -0.4 is 0 Å². The molecule has 7 aromatic rings. The van der Waals surface area contributed by atoms with E-state index in [1.165, 1.54) is 27.5 Å². The lowest BCUT2D eigenvalue weighted by molar-refractivity contribution is 1.18. The third-order valence-corrected chi connectivity index (χ3v) is 7.21. The van der Waals surface area contributed by atoms with Crippen LogP contribution in [0.3, 0.4) is 0 Å². The number of hydrogen-bond donors (Lipinski definition) is 0. The molecule has 0 saturated heterocycles. The molecule has 0 aliphatic rings. The number of pyridine rings is 1. The summed E-state index contributed by atoms with van der Waals surface area (Å²) in [7, 11) is 0. The second-order valence-corrected chi connectivity index (χ2v) is 9.75. The van der Waals surface area contributed by atoms with Crippen LogP contribution in [0.4, 0.5) is 0 Å². The smallest absolute Gasteiger partial charge is 0.160 e. The zero-order chi connectivity index (χ0) is 26.7. The average Bonchev–Trinajstić information content (AvgIpc) is 3.05. The fourth-order valence-electron chi connectivity index (χ4n) is 5.16. The second kappa shape index (κ2) is 10.4. The van der Waals surface area contributed by atoms with Gasteiger partial charge in [0.15, 0.2) is 5.82 Å². The molecule has 3 heteroatoms. The van der Waals surface area contributed by atoms with Gasteiger partial charge in [-0.05, 0) is 57.3 Å². The summed E-state index contributed by atoms with van der Waals surface area (Å²) in [5.74, 6) is 0.678. The summed E-state index contributed by atoms with van der Waals surface area (Å²) >= 11 is 0. The highest BCUT2D eigenvalue weighted by Gasteiger charge is 2.12. The lowest BCUT2D eigenvalue weighted by atomic mass is 9.96. The van der Waals surface area contributed by atoms with Crippen LogP contribution in [-0.2, 0) is 0 Å². The normalized spacial score (nSPS) is 11.0. The molecular weight excluding hydrogens is 486 g/mol. The largest absolute Gasteiger partial charge is 0.265 e. The van der Waals surface area contributed by atoms with Crippen molar-refractivity contribution in [1.29, 1.82) is 0 Å². The minimum atomic E-state index is 0.678. The molecule has 2 aromatic heterocycles. The first-order valence-corrected chi connectivity index (χ1v) is 13.4. The molecule has 0 aliphatic heterocycles. The quantitative estimate of drug-likeness (QED) is 0.231. The second-order valence-electron chi connectivity index (χ2n) is 9.75. The van der Waals surface area contributed by atoms with Gasteiger partial charge in [0.1, 0.15) is 0 Å². The zero-order valence-corrected chi connectivity index (χ0v) is 21.8. The fraction of sp³-hybridized carbons (Fsp3) is 0. The van der Waals surface area contributed by atoms with Crippen molar-refractivity contribution in [1.82, 2.24) is 15.0 Å². The third kappa shape index (κ3) is 4.65. The molecule has 0 unspecified atom stereocenters. The Bertz CT molecular complexity index is 1920. The van der Waals surface area contributed by atoms with Crippen molar-refractivity contribution >= 4 is 10.8 Å². The number of benzene rings is 5. The minimum absolute atomic E-state index is 0.678. The average molecular weight is 512 g/mol. The van der Waals surface area contributed by atoms with Crippen LogP contribution in [-0.4, -0.2) is 15.0 Å². The Labute approximate surface area is 233 Å². The molecule has 2 heterocycles. The Hall–Kier alpha value is -5.41. The fourth-order valence-corrected chi connectivity index (χ4v) is 5.16. The molecule has 0 amide bonds. The number of rotatable bonds is 5. The van der Waals surface area contributed by atoms with Crippen molar-refractivity contribution in [3.63, 3.8) is 0 Å². The predicted octanol–water partition coefficient (Wildman–Crippen LogP) is 9.36. The Morgan fingerprint density at radius 1 is 0.375 bits per heavy atom. The van der Waals surface area contributed by atoms with Gasteiger partial charge in [0, 0.05) is 29.1 Å². The van der Waals surface area contributed by atoms with E-state index in [0.29, 0.717) is 5.82 Å². The van der Waals surface area contributed by atoms with Crippen LogP contribution in [0.25, 0.3) is 66.9 Å². The minimum Gasteiger partial charge on any atom is -0.265 e.